The molecule has 1 aromatic heterocycles. The number of carboxylic acids is 1. The van der Waals surface area contributed by atoms with E-state index >= 15 is 0 Å². The highest BCUT2D eigenvalue weighted by Gasteiger charge is 2.32. The largest absolute Gasteiger partial charge is 0.478 e. The zero-order valence-corrected chi connectivity index (χ0v) is 15.9. The minimum Gasteiger partial charge on any atom is -0.478 e. The van der Waals surface area contributed by atoms with Crippen LogP contribution in [0.4, 0.5) is 5.69 Å². The minimum atomic E-state index is -1.01. The highest BCUT2D eigenvalue weighted by molar-refractivity contribution is 6.04. The molecule has 6 heteroatoms. The maximum absolute atomic E-state index is 12.7. The van der Waals surface area contributed by atoms with Gasteiger partial charge in [0.05, 0.1) is 11.1 Å². The lowest BCUT2D eigenvalue weighted by molar-refractivity contribution is 0.0695. The number of amides is 1. The maximum Gasteiger partial charge on any atom is 0.336 e. The molecule has 26 heavy (non-hydrogen) atoms. The molecule has 138 valence electrons. The van der Waals surface area contributed by atoms with Gasteiger partial charge >= 0.3 is 5.97 Å². The number of rotatable bonds is 4. The van der Waals surface area contributed by atoms with E-state index in [0.29, 0.717) is 22.9 Å². The predicted molar refractivity (Wildman–Crippen MR) is 100 cm³/mol. The number of aromatic carboxylic acids is 1. The number of carbonyl (C=O) groups is 2. The van der Waals surface area contributed by atoms with Crippen LogP contribution in [0.1, 0.15) is 77.2 Å². The Morgan fingerprint density at radius 2 is 1.81 bits per heavy atom. The van der Waals surface area contributed by atoms with Crippen molar-refractivity contribution in [2.24, 2.45) is 0 Å². The van der Waals surface area contributed by atoms with Gasteiger partial charge in [0, 0.05) is 17.3 Å². The van der Waals surface area contributed by atoms with E-state index in [1.165, 1.54) is 6.07 Å². The molecule has 1 saturated carbocycles. The molecule has 2 aromatic rings. The molecular formula is C20H25N3O3. The third kappa shape index (κ3) is 3.49. The number of nitrogens with zero attached hydrogens (tertiary/aromatic N) is 2. The summed E-state index contributed by atoms with van der Waals surface area (Å²) in [6.07, 6.45) is 2.25. The van der Waals surface area contributed by atoms with E-state index < -0.39 is 5.97 Å². The molecule has 0 bridgehead atoms. The molecule has 1 amide bonds. The molecule has 0 spiro atoms. The zero-order chi connectivity index (χ0) is 19.2. The Bertz CT molecular complexity index is 886. The fraction of sp³-hybridized carbons (Fsp3) is 0.450. The standard InChI is InChI=1S/C20H25N3O3/c1-11-8-12(2)15(9-14(11)19(25)26)21-18(24)16-10-17(13-6-7-13)23(22-16)20(3,4)5/h8-10,13H,6-7H2,1-5H3,(H,21,24)(H,25,26). The third-order valence-electron chi connectivity index (χ3n) is 4.65. The summed E-state index contributed by atoms with van der Waals surface area (Å²) in [5, 5.41) is 16.7. The van der Waals surface area contributed by atoms with E-state index in [0.717, 1.165) is 24.1 Å². The predicted octanol–water partition coefficient (Wildman–Crippen LogP) is 4.08. The summed E-state index contributed by atoms with van der Waals surface area (Å²) >= 11 is 0. The Morgan fingerprint density at radius 3 is 2.35 bits per heavy atom. The smallest absolute Gasteiger partial charge is 0.336 e. The van der Waals surface area contributed by atoms with Gasteiger partial charge in [-0.25, -0.2) is 4.79 Å². The van der Waals surface area contributed by atoms with Crippen molar-refractivity contribution < 1.29 is 14.7 Å². The Kier molecular flexibility index (Phi) is 4.38. The van der Waals surface area contributed by atoms with Crippen molar-refractivity contribution in [1.82, 2.24) is 9.78 Å². The fourth-order valence-corrected chi connectivity index (χ4v) is 3.12. The van der Waals surface area contributed by atoms with Gasteiger partial charge in [-0.15, -0.1) is 0 Å². The van der Waals surface area contributed by atoms with Crippen LogP contribution in [0.15, 0.2) is 18.2 Å². The van der Waals surface area contributed by atoms with Crippen molar-refractivity contribution >= 4 is 17.6 Å². The summed E-state index contributed by atoms with van der Waals surface area (Å²) in [5.41, 5.74) is 3.42. The van der Waals surface area contributed by atoms with Crippen molar-refractivity contribution in [1.29, 1.82) is 0 Å². The molecule has 1 aliphatic rings. The average molecular weight is 355 g/mol. The normalized spacial score (nSPS) is 14.3. The first-order valence-electron chi connectivity index (χ1n) is 8.84. The van der Waals surface area contributed by atoms with Gasteiger partial charge in [0.1, 0.15) is 0 Å². The van der Waals surface area contributed by atoms with Crippen molar-refractivity contribution in [3.63, 3.8) is 0 Å². The fourth-order valence-electron chi connectivity index (χ4n) is 3.12. The van der Waals surface area contributed by atoms with Crippen LogP contribution >= 0.6 is 0 Å². The average Bonchev–Trinajstić information content (AvgIpc) is 3.26. The lowest BCUT2D eigenvalue weighted by atomic mass is 10.0. The Labute approximate surface area is 153 Å². The second-order valence-corrected chi connectivity index (χ2v) is 8.05. The number of carboxylic acid groups (broad SMARTS) is 1. The quantitative estimate of drug-likeness (QED) is 0.865. The number of nitrogens with one attached hydrogen (secondary N) is 1. The number of hydrogen-bond donors (Lipinski definition) is 2. The monoisotopic (exact) mass is 355 g/mol. The summed E-state index contributed by atoms with van der Waals surface area (Å²) in [6, 6.07) is 5.13. The van der Waals surface area contributed by atoms with E-state index in [9.17, 15) is 14.7 Å². The Hall–Kier alpha value is -2.63. The van der Waals surface area contributed by atoms with Crippen molar-refractivity contribution in [3.05, 3.63) is 46.3 Å². The first-order valence-corrected chi connectivity index (χ1v) is 8.84. The molecule has 3 rings (SSSR count). The molecule has 0 radical (unpaired) electrons. The van der Waals surface area contributed by atoms with Crippen molar-refractivity contribution in [2.75, 3.05) is 5.32 Å². The van der Waals surface area contributed by atoms with Gasteiger partial charge in [-0.1, -0.05) is 6.07 Å². The topological polar surface area (TPSA) is 84.2 Å². The van der Waals surface area contributed by atoms with E-state index in [4.69, 9.17) is 0 Å². The number of aryl methyl sites for hydroxylation is 2. The van der Waals surface area contributed by atoms with Gasteiger partial charge < -0.3 is 10.4 Å². The van der Waals surface area contributed by atoms with Crippen LogP contribution in [0.25, 0.3) is 0 Å². The number of carbonyl (C=O) groups excluding carboxylic acids is 1. The van der Waals surface area contributed by atoms with Crippen LogP contribution in [-0.2, 0) is 5.54 Å². The second-order valence-electron chi connectivity index (χ2n) is 8.05. The number of benzene rings is 1. The first-order chi connectivity index (χ1) is 12.1. The van der Waals surface area contributed by atoms with Gasteiger partial charge in [0.2, 0.25) is 0 Å². The minimum absolute atomic E-state index is 0.185. The molecule has 1 fully saturated rings. The van der Waals surface area contributed by atoms with Gasteiger partial charge in [-0.05, 0) is 70.7 Å². The molecule has 0 aliphatic heterocycles. The maximum atomic E-state index is 12.7. The third-order valence-corrected chi connectivity index (χ3v) is 4.65. The summed E-state index contributed by atoms with van der Waals surface area (Å²) in [5.74, 6) is -0.854. The zero-order valence-electron chi connectivity index (χ0n) is 15.9. The second kappa shape index (κ2) is 6.27. The number of hydrogen-bond acceptors (Lipinski definition) is 3. The SMILES string of the molecule is Cc1cc(C)c(C(=O)O)cc1NC(=O)c1cc(C2CC2)n(C(C)(C)C)n1. The van der Waals surface area contributed by atoms with Crippen LogP contribution < -0.4 is 5.32 Å². The van der Waals surface area contributed by atoms with E-state index in [1.807, 2.05) is 17.7 Å². The van der Waals surface area contributed by atoms with Crippen molar-refractivity contribution in [3.8, 4) is 0 Å². The summed E-state index contributed by atoms with van der Waals surface area (Å²) < 4.78 is 1.93. The van der Waals surface area contributed by atoms with Crippen LogP contribution in [0.2, 0.25) is 0 Å². The lowest BCUT2D eigenvalue weighted by Crippen LogP contribution is -2.26. The molecular weight excluding hydrogens is 330 g/mol. The molecule has 0 atom stereocenters. The molecule has 1 aliphatic carbocycles. The highest BCUT2D eigenvalue weighted by Crippen LogP contribution is 2.41. The van der Waals surface area contributed by atoms with Gasteiger partial charge in [0.15, 0.2) is 5.69 Å². The van der Waals surface area contributed by atoms with Crippen LogP contribution in [0, 0.1) is 13.8 Å². The van der Waals surface area contributed by atoms with Crippen LogP contribution in [-0.4, -0.2) is 26.8 Å². The van der Waals surface area contributed by atoms with E-state index in [-0.39, 0.29) is 17.0 Å². The number of anilines is 1. The lowest BCUT2D eigenvalue weighted by Gasteiger charge is -2.22. The molecule has 0 saturated heterocycles. The summed E-state index contributed by atoms with van der Waals surface area (Å²) in [7, 11) is 0. The summed E-state index contributed by atoms with van der Waals surface area (Å²) in [4.78, 5) is 24.1. The van der Waals surface area contributed by atoms with Crippen LogP contribution in [0.3, 0.4) is 0 Å². The molecule has 0 unspecified atom stereocenters. The molecule has 2 N–H and O–H groups in total. The van der Waals surface area contributed by atoms with Gasteiger partial charge in [-0.3, -0.25) is 9.48 Å². The van der Waals surface area contributed by atoms with E-state index in [2.05, 4.69) is 31.2 Å². The van der Waals surface area contributed by atoms with E-state index in [1.54, 1.807) is 13.0 Å². The highest BCUT2D eigenvalue weighted by atomic mass is 16.4. The molecule has 1 aromatic carbocycles. The molecule has 1 heterocycles. The van der Waals surface area contributed by atoms with Gasteiger partial charge in [-0.2, -0.15) is 5.10 Å². The first kappa shape index (κ1) is 18.2. The van der Waals surface area contributed by atoms with Gasteiger partial charge in [0.25, 0.3) is 5.91 Å². The van der Waals surface area contributed by atoms with Crippen molar-refractivity contribution in [2.45, 2.75) is 58.9 Å². The Morgan fingerprint density at radius 1 is 1.15 bits per heavy atom. The van der Waals surface area contributed by atoms with Crippen LogP contribution in [0.5, 0.6) is 0 Å². The summed E-state index contributed by atoms with van der Waals surface area (Å²) in [6.45, 7) is 9.79. The molecule has 6 nitrogen and oxygen atoms in total. The number of aromatic nitrogens is 2. The Balaban J connectivity index is 1.92.